The highest BCUT2D eigenvalue weighted by molar-refractivity contribution is 5.90. The zero-order valence-corrected chi connectivity index (χ0v) is 47.7. The minimum atomic E-state index is -1.99. The SMILES string of the molecule is COC1CC(C=CC(=O)OCC2OC(OC3CC4C(OC5OC(COC(=O)CC(=O)O)C(O)C(O)C5O)CC(O)CC4OC3C3CCC(O)CC3)C(OC3OCC(O)C(O)C3OC(=O)C=CC3CC(OC)C(O)C(OC)C3)C(O)C2O)CCC1O. The summed E-state index contributed by atoms with van der Waals surface area (Å²) in [6.45, 7) is -1.96. The van der Waals surface area contributed by atoms with Crippen molar-refractivity contribution in [3.63, 3.8) is 0 Å². The van der Waals surface area contributed by atoms with E-state index in [4.69, 9.17) is 66.7 Å². The Labute approximate surface area is 490 Å². The number of aliphatic carboxylic acids is 1. The minimum absolute atomic E-state index is 0.00140. The molecule has 4 aliphatic heterocycles. The molecule has 29 nitrogen and oxygen atoms in total. The summed E-state index contributed by atoms with van der Waals surface area (Å²) in [5.74, 6) is -6.01. The molecule has 0 spiro atoms. The lowest BCUT2D eigenvalue weighted by atomic mass is 9.73. The maximum Gasteiger partial charge on any atom is 0.330 e. The van der Waals surface area contributed by atoms with E-state index in [-0.39, 0.29) is 37.0 Å². The lowest BCUT2D eigenvalue weighted by Gasteiger charge is -2.52. The third kappa shape index (κ3) is 17.1. The van der Waals surface area contributed by atoms with Crippen LogP contribution >= 0.6 is 0 Å². The van der Waals surface area contributed by atoms with Crippen molar-refractivity contribution in [3.05, 3.63) is 24.3 Å². The second kappa shape index (κ2) is 30.8. The van der Waals surface area contributed by atoms with Gasteiger partial charge in [-0.15, -0.1) is 0 Å². The molecule has 484 valence electrons. The fourth-order valence-electron chi connectivity index (χ4n) is 13.1. The van der Waals surface area contributed by atoms with E-state index in [0.717, 1.165) is 6.08 Å². The van der Waals surface area contributed by atoms with Crippen molar-refractivity contribution in [2.75, 3.05) is 41.2 Å². The highest BCUT2D eigenvalue weighted by Crippen LogP contribution is 2.46. The van der Waals surface area contributed by atoms with E-state index < -0.39 is 209 Å². The Balaban J connectivity index is 1.06. The second-order valence-corrected chi connectivity index (χ2v) is 23.7. The summed E-state index contributed by atoms with van der Waals surface area (Å²) >= 11 is 0. The molecule has 8 rings (SSSR count). The zero-order chi connectivity index (χ0) is 61.4. The molecule has 0 aromatic rings. The van der Waals surface area contributed by atoms with Crippen molar-refractivity contribution < 1.29 is 142 Å². The van der Waals surface area contributed by atoms with Gasteiger partial charge in [0, 0.05) is 45.8 Å². The van der Waals surface area contributed by atoms with Gasteiger partial charge in [0.05, 0.1) is 67.6 Å². The fourth-order valence-corrected chi connectivity index (χ4v) is 13.1. The van der Waals surface area contributed by atoms with Crippen molar-refractivity contribution >= 4 is 23.9 Å². The first-order valence-electron chi connectivity index (χ1n) is 29.3. The van der Waals surface area contributed by atoms with Gasteiger partial charge in [0.25, 0.3) is 0 Å². The number of hydrogen-bond donors (Lipinski definition) is 12. The number of carbonyl (C=O) groups is 4. The molecule has 25 atom stereocenters. The monoisotopic (exact) mass is 1220 g/mol. The number of aliphatic hydroxyl groups is 11. The van der Waals surface area contributed by atoms with Gasteiger partial charge in [0.1, 0.15) is 86.8 Å². The van der Waals surface area contributed by atoms with Crippen LogP contribution < -0.4 is 0 Å². The first-order chi connectivity index (χ1) is 40.5. The van der Waals surface area contributed by atoms with E-state index in [9.17, 15) is 75.3 Å². The molecule has 8 fully saturated rings. The lowest BCUT2D eigenvalue weighted by molar-refractivity contribution is -0.373. The first-order valence-corrected chi connectivity index (χ1v) is 29.3. The topological polar surface area (TPSA) is 431 Å². The number of rotatable bonds is 21. The van der Waals surface area contributed by atoms with Gasteiger partial charge >= 0.3 is 23.9 Å². The van der Waals surface area contributed by atoms with E-state index in [0.29, 0.717) is 57.8 Å². The van der Waals surface area contributed by atoms with Gasteiger partial charge in [-0.1, -0.05) is 12.2 Å². The number of carboxylic acid groups (broad SMARTS) is 1. The second-order valence-electron chi connectivity index (χ2n) is 23.7. The van der Waals surface area contributed by atoms with Crippen LogP contribution in [0.1, 0.15) is 83.5 Å². The molecule has 4 saturated heterocycles. The van der Waals surface area contributed by atoms with Crippen LogP contribution in [0.15, 0.2) is 24.3 Å². The zero-order valence-electron chi connectivity index (χ0n) is 47.7. The normalized spacial score (nSPS) is 45.4. The summed E-state index contributed by atoms with van der Waals surface area (Å²) in [6, 6.07) is 0. The van der Waals surface area contributed by atoms with Gasteiger partial charge in [-0.3, -0.25) is 9.59 Å². The van der Waals surface area contributed by atoms with Gasteiger partial charge in [-0.2, -0.15) is 0 Å². The van der Waals surface area contributed by atoms with E-state index in [2.05, 4.69) is 0 Å². The van der Waals surface area contributed by atoms with Crippen LogP contribution in [0.25, 0.3) is 0 Å². The molecule has 0 aromatic heterocycles. The number of carbonyl (C=O) groups excluding carboxylic acids is 3. The molecule has 12 N–H and O–H groups in total. The predicted octanol–water partition coefficient (Wildman–Crippen LogP) is -3.48. The van der Waals surface area contributed by atoms with Crippen LogP contribution in [0.4, 0.5) is 0 Å². The average Bonchev–Trinajstić information content (AvgIpc) is 3.63. The molecule has 4 saturated carbocycles. The molecule has 85 heavy (non-hydrogen) atoms. The summed E-state index contributed by atoms with van der Waals surface area (Å²) in [6.07, 6.45) is -25.4. The van der Waals surface area contributed by atoms with Gasteiger partial charge in [-0.05, 0) is 88.4 Å². The Morgan fingerprint density at radius 3 is 1.78 bits per heavy atom. The number of carboxylic acids is 1. The Kier molecular flexibility index (Phi) is 24.5. The molecule has 0 aromatic carbocycles. The molecule has 0 radical (unpaired) electrons. The predicted molar refractivity (Wildman–Crippen MR) is 281 cm³/mol. The number of fused-ring (bicyclic) bond motifs is 1. The van der Waals surface area contributed by atoms with Crippen molar-refractivity contribution in [1.82, 2.24) is 0 Å². The van der Waals surface area contributed by atoms with Crippen molar-refractivity contribution in [3.8, 4) is 0 Å². The highest BCUT2D eigenvalue weighted by Gasteiger charge is 2.56. The number of ether oxygens (including phenoxy) is 13. The standard InChI is InChI=1S/C56H86O29/c1-73-34-14-24(4-11-30(34)59)5-12-41(63)76-22-39-47(69)49(71)53(85-55-52(44(66)31(60)21-78-55)84-42(64)13-6-25-15-35(74-2)45(67)36(16-25)75-3)56(83-39)81-37-19-29-32(79-51(37)26-7-9-27(57)10-8-26)17-28(58)18-33(29)80-54-50(72)48(70)46(68)38(82-54)23-77-43(65)20-40(61)62/h5-6,12-13,24-39,44-60,66-72H,4,7-11,14-23H2,1-3H3,(H,61,62). The lowest BCUT2D eigenvalue weighted by Crippen LogP contribution is -2.65. The third-order valence-electron chi connectivity index (χ3n) is 17.9. The van der Waals surface area contributed by atoms with Crippen LogP contribution in [0.2, 0.25) is 0 Å². The largest absolute Gasteiger partial charge is 0.481 e. The van der Waals surface area contributed by atoms with Gasteiger partial charge < -0.3 is 123 Å². The number of aliphatic hydroxyl groups excluding tert-OH is 11. The average molecular weight is 1220 g/mol. The van der Waals surface area contributed by atoms with Gasteiger partial charge in [-0.25, -0.2) is 9.59 Å². The van der Waals surface area contributed by atoms with Crippen LogP contribution in [0.5, 0.6) is 0 Å². The summed E-state index contributed by atoms with van der Waals surface area (Å²) in [5.41, 5.74) is 0. The Morgan fingerprint density at radius 1 is 0.494 bits per heavy atom. The quantitative estimate of drug-likeness (QED) is 0.0230. The van der Waals surface area contributed by atoms with Crippen molar-refractivity contribution in [1.29, 1.82) is 0 Å². The van der Waals surface area contributed by atoms with Crippen molar-refractivity contribution in [2.24, 2.45) is 23.7 Å². The maximum atomic E-state index is 13.6. The summed E-state index contributed by atoms with van der Waals surface area (Å²) in [7, 11) is 4.35. The number of esters is 3. The molecule has 4 heterocycles. The molecule has 8 aliphatic rings. The summed E-state index contributed by atoms with van der Waals surface area (Å²) in [4.78, 5) is 50.0. The third-order valence-corrected chi connectivity index (χ3v) is 17.9. The molecule has 25 unspecified atom stereocenters. The van der Waals surface area contributed by atoms with Crippen LogP contribution in [0.3, 0.4) is 0 Å². The first kappa shape index (κ1) is 67.5. The smallest absolute Gasteiger partial charge is 0.330 e. The Hall–Kier alpha value is -3.48. The summed E-state index contributed by atoms with van der Waals surface area (Å²) < 4.78 is 77.0. The molecule has 0 amide bonds. The van der Waals surface area contributed by atoms with Crippen LogP contribution in [-0.4, -0.2) is 279 Å². The maximum absolute atomic E-state index is 13.6. The van der Waals surface area contributed by atoms with Crippen molar-refractivity contribution in [2.45, 2.75) is 237 Å². The summed E-state index contributed by atoms with van der Waals surface area (Å²) in [5, 5.41) is 131. The Bertz CT molecular complexity index is 2200. The van der Waals surface area contributed by atoms with E-state index in [1.165, 1.54) is 33.5 Å². The number of allylic oxidation sites excluding steroid dienone is 2. The number of methoxy groups -OCH3 is 3. The highest BCUT2D eigenvalue weighted by atomic mass is 16.8. The molecular weight excluding hydrogens is 1140 g/mol. The fraction of sp³-hybridized carbons (Fsp3) is 0.857. The number of hydrogen-bond acceptors (Lipinski definition) is 28. The van der Waals surface area contributed by atoms with Gasteiger partial charge in [0.15, 0.2) is 25.0 Å². The van der Waals surface area contributed by atoms with E-state index in [1.54, 1.807) is 6.08 Å². The van der Waals surface area contributed by atoms with Gasteiger partial charge in [0.2, 0.25) is 0 Å². The molecule has 29 heteroatoms. The van der Waals surface area contributed by atoms with Crippen LogP contribution in [-0.2, 0) is 80.8 Å². The molecular formula is C56H86O29. The van der Waals surface area contributed by atoms with E-state index in [1.807, 2.05) is 0 Å². The van der Waals surface area contributed by atoms with E-state index >= 15 is 0 Å². The molecule has 4 aliphatic carbocycles. The van der Waals surface area contributed by atoms with Crippen LogP contribution in [0, 0.1) is 23.7 Å². The minimum Gasteiger partial charge on any atom is -0.481 e. The molecule has 0 bridgehead atoms. The Morgan fingerprint density at radius 2 is 1.11 bits per heavy atom.